The summed E-state index contributed by atoms with van der Waals surface area (Å²) < 4.78 is 0. The molecule has 0 unspecified atom stereocenters. The van der Waals surface area contributed by atoms with Gasteiger partial charge in [0, 0.05) is 68.3 Å². The minimum Gasteiger partial charge on any atom is -0.311 e. The van der Waals surface area contributed by atoms with Gasteiger partial charge in [-0.25, -0.2) is 0 Å². The lowest BCUT2D eigenvalue weighted by Crippen LogP contribution is -2.20. The van der Waals surface area contributed by atoms with E-state index in [0.29, 0.717) is 0 Å². The first-order valence-corrected chi connectivity index (χ1v) is 21.6. The molecule has 0 N–H and O–H groups in total. The van der Waals surface area contributed by atoms with Gasteiger partial charge in [-0.3, -0.25) is 0 Å². The molecule has 0 aliphatic carbocycles. The number of para-hydroxylation sites is 3. The van der Waals surface area contributed by atoms with Crippen molar-refractivity contribution in [3.63, 3.8) is 0 Å². The Labute approximate surface area is 375 Å². The van der Waals surface area contributed by atoms with Crippen molar-refractivity contribution >= 4 is 51.2 Å². The van der Waals surface area contributed by atoms with Crippen molar-refractivity contribution in [1.29, 1.82) is 0 Å². The highest BCUT2D eigenvalue weighted by Crippen LogP contribution is 2.40. The van der Waals surface area contributed by atoms with Crippen molar-refractivity contribution in [2.45, 2.75) is 34.1 Å². The highest BCUT2D eigenvalue weighted by molar-refractivity contribution is 5.81. The molecule has 0 bridgehead atoms. The van der Waals surface area contributed by atoms with Crippen LogP contribution in [0.15, 0.2) is 261 Å². The minimum absolute atomic E-state index is 0.801. The number of allylic oxidation sites excluding steroid dienone is 7. The Morgan fingerprint density at radius 2 is 0.889 bits per heavy atom. The van der Waals surface area contributed by atoms with Crippen LogP contribution in [0.5, 0.6) is 0 Å². The Balaban J connectivity index is 1.31. The van der Waals surface area contributed by atoms with Gasteiger partial charge in [-0.15, -0.1) is 0 Å². The van der Waals surface area contributed by atoms with Crippen LogP contribution >= 0.6 is 0 Å². The highest BCUT2D eigenvalue weighted by atomic mass is 15.2. The number of nitrogens with zero attached hydrogens (tertiary/aromatic N) is 4. The monoisotopic (exact) mass is 820 g/mol. The van der Waals surface area contributed by atoms with Gasteiger partial charge in [0.2, 0.25) is 0 Å². The quantitative estimate of drug-likeness (QED) is 0.0849. The minimum atomic E-state index is 0.801. The van der Waals surface area contributed by atoms with Crippen LogP contribution < -0.4 is 19.6 Å². The van der Waals surface area contributed by atoms with Crippen LogP contribution in [0, 0.1) is 13.8 Å². The molecule has 312 valence electrons. The first-order valence-electron chi connectivity index (χ1n) is 21.6. The van der Waals surface area contributed by atoms with Crippen molar-refractivity contribution in [3.8, 4) is 0 Å². The summed E-state index contributed by atoms with van der Waals surface area (Å²) in [6.07, 6.45) is 15.6. The van der Waals surface area contributed by atoms with E-state index in [2.05, 4.69) is 272 Å². The van der Waals surface area contributed by atoms with Crippen molar-refractivity contribution in [2.24, 2.45) is 0 Å². The van der Waals surface area contributed by atoms with Crippen LogP contribution in [0.3, 0.4) is 0 Å². The zero-order chi connectivity index (χ0) is 44.0. The summed E-state index contributed by atoms with van der Waals surface area (Å²) >= 11 is 0. The lowest BCUT2D eigenvalue weighted by atomic mass is 10.1. The fraction of sp³-hybridized carbons (Fsp3) is 0.0847. The van der Waals surface area contributed by atoms with E-state index in [0.717, 1.165) is 74.7 Å². The summed E-state index contributed by atoms with van der Waals surface area (Å²) in [4.78, 5) is 9.03. The molecule has 0 aliphatic rings. The van der Waals surface area contributed by atoms with Crippen LogP contribution in [0.1, 0.15) is 31.4 Å². The molecule has 0 heterocycles. The average Bonchev–Trinajstić information content (AvgIpc) is 3.32. The number of rotatable bonds is 17. The third-order valence-corrected chi connectivity index (χ3v) is 10.7. The van der Waals surface area contributed by atoms with Gasteiger partial charge in [0.1, 0.15) is 0 Å². The lowest BCUT2D eigenvalue weighted by molar-refractivity contribution is 1.13. The van der Waals surface area contributed by atoms with Crippen LogP contribution in [-0.2, 0) is 0 Å². The molecule has 0 saturated carbocycles. The fourth-order valence-electron chi connectivity index (χ4n) is 7.68. The topological polar surface area (TPSA) is 13.0 Å². The summed E-state index contributed by atoms with van der Waals surface area (Å²) in [6.45, 7) is 17.4. The molecule has 0 fully saturated rings. The van der Waals surface area contributed by atoms with Crippen LogP contribution in [0.25, 0.3) is 0 Å². The van der Waals surface area contributed by atoms with Gasteiger partial charge in [0.25, 0.3) is 0 Å². The maximum absolute atomic E-state index is 4.72. The number of anilines is 9. The van der Waals surface area contributed by atoms with E-state index in [1.54, 1.807) is 0 Å². The molecule has 63 heavy (non-hydrogen) atoms. The molecular formula is C59H56N4. The Kier molecular flexibility index (Phi) is 14.5. The second-order valence-corrected chi connectivity index (χ2v) is 15.2. The van der Waals surface area contributed by atoms with Gasteiger partial charge in [-0.2, -0.15) is 0 Å². The maximum Gasteiger partial charge on any atom is 0.0464 e. The van der Waals surface area contributed by atoms with E-state index in [9.17, 15) is 0 Å². The molecule has 7 rings (SSSR count). The summed E-state index contributed by atoms with van der Waals surface area (Å²) in [5, 5.41) is 0. The SMILES string of the molecule is C=C/C(=C\C=C/CC)N(C(/C=C\C(=C)N(c1ccc(N(c2ccccc2)c2cccc(C)c2)cc1)c1ccc(N(c2ccccc2)c2cccc(C)c2)cc1)=C/C)c1ccccc1. The van der Waals surface area contributed by atoms with Crippen molar-refractivity contribution in [2.75, 3.05) is 19.6 Å². The number of benzene rings is 7. The Morgan fingerprint density at radius 1 is 0.476 bits per heavy atom. The molecule has 0 radical (unpaired) electrons. The van der Waals surface area contributed by atoms with Gasteiger partial charge in [0.15, 0.2) is 0 Å². The smallest absolute Gasteiger partial charge is 0.0464 e. The largest absolute Gasteiger partial charge is 0.311 e. The molecule has 0 atom stereocenters. The molecule has 0 amide bonds. The van der Waals surface area contributed by atoms with E-state index in [-0.39, 0.29) is 0 Å². The first-order chi connectivity index (χ1) is 30.9. The molecule has 7 aromatic carbocycles. The zero-order valence-electron chi connectivity index (χ0n) is 36.8. The third-order valence-electron chi connectivity index (χ3n) is 10.7. The Bertz CT molecular complexity index is 2580. The third kappa shape index (κ3) is 10.6. The van der Waals surface area contributed by atoms with Crippen molar-refractivity contribution in [1.82, 2.24) is 0 Å². The predicted octanol–water partition coefficient (Wildman–Crippen LogP) is 16.9. The van der Waals surface area contributed by atoms with Gasteiger partial charge < -0.3 is 19.6 Å². The normalized spacial score (nSPS) is 11.7. The number of aryl methyl sites for hydroxylation is 2. The van der Waals surface area contributed by atoms with E-state index >= 15 is 0 Å². The van der Waals surface area contributed by atoms with Crippen LogP contribution in [-0.4, -0.2) is 0 Å². The Morgan fingerprint density at radius 3 is 1.30 bits per heavy atom. The summed E-state index contributed by atoms with van der Waals surface area (Å²) in [7, 11) is 0. The molecule has 4 heteroatoms. The molecule has 0 saturated heterocycles. The van der Waals surface area contributed by atoms with Gasteiger partial charge >= 0.3 is 0 Å². The number of hydrogen-bond donors (Lipinski definition) is 0. The van der Waals surface area contributed by atoms with Gasteiger partial charge in [-0.05, 0) is 172 Å². The van der Waals surface area contributed by atoms with Crippen molar-refractivity contribution in [3.05, 3.63) is 272 Å². The van der Waals surface area contributed by atoms with Gasteiger partial charge in [0.05, 0.1) is 0 Å². The standard InChI is InChI=1S/C59H56N4/c1-7-10-14-25-49(8-2)61(51-26-15-11-16-27-51)50(9-3)35-34-48(6)60(54-36-40-56(41-37-54)62(52-28-17-12-18-29-52)58-32-21-23-46(4)44-58)55-38-42-57(43-39-55)63(53-30-19-13-20-31-53)59-33-22-24-47(5)45-59/h8-45H,2,6-7H2,1,3-5H3/b14-10-,35-34-,49-25+,50-9+. The average molecular weight is 821 g/mol. The molecule has 0 spiro atoms. The highest BCUT2D eigenvalue weighted by Gasteiger charge is 2.19. The first kappa shape index (κ1) is 43.3. The molecule has 0 aliphatic heterocycles. The summed E-state index contributed by atoms with van der Waals surface area (Å²) in [5.41, 5.74) is 14.6. The van der Waals surface area contributed by atoms with E-state index < -0.39 is 0 Å². The maximum atomic E-state index is 4.72. The van der Waals surface area contributed by atoms with Gasteiger partial charge in [-0.1, -0.05) is 117 Å². The van der Waals surface area contributed by atoms with Crippen molar-refractivity contribution < 1.29 is 0 Å². The van der Waals surface area contributed by atoms with E-state index in [4.69, 9.17) is 6.58 Å². The summed E-state index contributed by atoms with van der Waals surface area (Å²) in [5.74, 6) is 0. The van der Waals surface area contributed by atoms with E-state index in [1.165, 1.54) is 11.1 Å². The van der Waals surface area contributed by atoms with Crippen LogP contribution in [0.2, 0.25) is 0 Å². The zero-order valence-corrected chi connectivity index (χ0v) is 36.8. The molecular weight excluding hydrogens is 765 g/mol. The lowest BCUT2D eigenvalue weighted by Gasteiger charge is -2.30. The second kappa shape index (κ2) is 21.1. The second-order valence-electron chi connectivity index (χ2n) is 15.2. The summed E-state index contributed by atoms with van der Waals surface area (Å²) in [6, 6.07) is 66.2. The fourth-order valence-corrected chi connectivity index (χ4v) is 7.68. The predicted molar refractivity (Wildman–Crippen MR) is 273 cm³/mol. The Hall–Kier alpha value is -7.82. The molecule has 4 nitrogen and oxygen atoms in total. The molecule has 0 aromatic heterocycles. The molecule has 7 aromatic rings. The van der Waals surface area contributed by atoms with E-state index in [1.807, 2.05) is 12.1 Å². The van der Waals surface area contributed by atoms with Crippen LogP contribution in [0.4, 0.5) is 51.2 Å². The number of hydrogen-bond acceptors (Lipinski definition) is 4.